The minimum absolute atomic E-state index is 0.0353. The average molecular weight is 280 g/mol. The Kier molecular flexibility index (Phi) is 4.22. The van der Waals surface area contributed by atoms with Crippen molar-refractivity contribution in [3.63, 3.8) is 0 Å². The largest absolute Gasteiger partial charge is 0.491 e. The third-order valence-electron chi connectivity index (χ3n) is 1.47. The van der Waals surface area contributed by atoms with Gasteiger partial charge in [0.15, 0.2) is 0 Å². The van der Waals surface area contributed by atoms with Crippen molar-refractivity contribution in [2.45, 2.75) is 6.42 Å². The van der Waals surface area contributed by atoms with Crippen molar-refractivity contribution in [2.24, 2.45) is 0 Å². The van der Waals surface area contributed by atoms with Gasteiger partial charge >= 0.3 is 5.97 Å². The van der Waals surface area contributed by atoms with Crippen LogP contribution >= 0.6 is 27.5 Å². The highest BCUT2D eigenvalue weighted by Crippen LogP contribution is 2.27. The zero-order valence-corrected chi connectivity index (χ0v) is 9.51. The molecule has 0 aliphatic heterocycles. The Bertz CT molecular complexity index is 341. The molecule has 0 amide bonds. The summed E-state index contributed by atoms with van der Waals surface area (Å²) >= 11 is 9.10. The molecule has 76 valence electrons. The molecule has 0 fully saturated rings. The van der Waals surface area contributed by atoms with Gasteiger partial charge in [0.05, 0.1) is 18.1 Å². The van der Waals surface area contributed by atoms with Gasteiger partial charge < -0.3 is 9.84 Å². The van der Waals surface area contributed by atoms with Crippen molar-refractivity contribution >= 4 is 33.5 Å². The Labute approximate surface area is 94.8 Å². The highest BCUT2D eigenvalue weighted by Gasteiger charge is 2.03. The first-order chi connectivity index (χ1) is 6.59. The van der Waals surface area contributed by atoms with Crippen LogP contribution in [0, 0.1) is 0 Å². The second-order valence-electron chi connectivity index (χ2n) is 2.57. The van der Waals surface area contributed by atoms with Crippen molar-refractivity contribution in [2.75, 3.05) is 6.61 Å². The Morgan fingerprint density at radius 2 is 2.29 bits per heavy atom. The first-order valence-corrected chi connectivity index (χ1v) is 5.06. The number of halogens is 2. The standard InChI is InChI=1S/C9H8BrClO3/c10-6-1-2-8(7(11)5-6)14-4-3-9(12)13/h1-2,5H,3-4H2,(H,12,13). The number of rotatable bonds is 4. The molecule has 1 N–H and O–H groups in total. The van der Waals surface area contributed by atoms with E-state index < -0.39 is 5.97 Å². The van der Waals surface area contributed by atoms with E-state index in [2.05, 4.69) is 15.9 Å². The summed E-state index contributed by atoms with van der Waals surface area (Å²) in [7, 11) is 0. The lowest BCUT2D eigenvalue weighted by Gasteiger charge is -2.06. The van der Waals surface area contributed by atoms with Crippen LogP contribution in [0.15, 0.2) is 22.7 Å². The van der Waals surface area contributed by atoms with Crippen LogP contribution in [0.25, 0.3) is 0 Å². The topological polar surface area (TPSA) is 46.5 Å². The van der Waals surface area contributed by atoms with E-state index in [1.54, 1.807) is 18.2 Å². The van der Waals surface area contributed by atoms with Gasteiger partial charge in [-0.2, -0.15) is 0 Å². The molecule has 0 spiro atoms. The average Bonchev–Trinajstić information content (AvgIpc) is 2.08. The van der Waals surface area contributed by atoms with E-state index in [0.29, 0.717) is 10.8 Å². The van der Waals surface area contributed by atoms with Crippen LogP contribution in [0.4, 0.5) is 0 Å². The van der Waals surface area contributed by atoms with Crippen LogP contribution in [0.3, 0.4) is 0 Å². The summed E-state index contributed by atoms with van der Waals surface area (Å²) in [6.07, 6.45) is -0.0353. The molecule has 0 bridgehead atoms. The summed E-state index contributed by atoms with van der Waals surface area (Å²) in [5.74, 6) is -0.394. The number of carbonyl (C=O) groups is 1. The molecule has 3 nitrogen and oxygen atoms in total. The molecule has 1 aromatic carbocycles. The van der Waals surface area contributed by atoms with Gasteiger partial charge in [-0.1, -0.05) is 27.5 Å². The van der Waals surface area contributed by atoms with Crippen LogP contribution < -0.4 is 4.74 Å². The maximum atomic E-state index is 10.2. The van der Waals surface area contributed by atoms with E-state index in [0.717, 1.165) is 4.47 Å². The molecule has 1 rings (SSSR count). The lowest BCUT2D eigenvalue weighted by molar-refractivity contribution is -0.137. The molecule has 0 heterocycles. The number of ether oxygens (including phenoxy) is 1. The van der Waals surface area contributed by atoms with Crippen molar-refractivity contribution in [3.8, 4) is 5.75 Å². The van der Waals surface area contributed by atoms with Crippen LogP contribution in [0.2, 0.25) is 5.02 Å². The summed E-state index contributed by atoms with van der Waals surface area (Å²) < 4.78 is 6.02. The Balaban J connectivity index is 2.55. The zero-order chi connectivity index (χ0) is 10.6. The number of aliphatic carboxylic acids is 1. The van der Waals surface area contributed by atoms with Crippen molar-refractivity contribution in [1.29, 1.82) is 0 Å². The van der Waals surface area contributed by atoms with Gasteiger partial charge in [-0.3, -0.25) is 4.79 Å². The molecule has 0 aromatic heterocycles. The van der Waals surface area contributed by atoms with Gasteiger partial charge in [-0.15, -0.1) is 0 Å². The summed E-state index contributed by atoms with van der Waals surface area (Å²) in [6, 6.07) is 5.16. The fourth-order valence-electron chi connectivity index (χ4n) is 0.841. The molecule has 0 aliphatic carbocycles. The molecular weight excluding hydrogens is 271 g/mol. The monoisotopic (exact) mass is 278 g/mol. The fourth-order valence-corrected chi connectivity index (χ4v) is 1.57. The zero-order valence-electron chi connectivity index (χ0n) is 7.17. The van der Waals surface area contributed by atoms with Crippen LogP contribution in [-0.4, -0.2) is 17.7 Å². The van der Waals surface area contributed by atoms with Crippen LogP contribution in [-0.2, 0) is 4.79 Å². The molecule has 0 unspecified atom stereocenters. The first kappa shape index (κ1) is 11.3. The second-order valence-corrected chi connectivity index (χ2v) is 3.89. The van der Waals surface area contributed by atoms with E-state index in [9.17, 15) is 4.79 Å². The number of carboxylic acids is 1. The van der Waals surface area contributed by atoms with Crippen LogP contribution in [0.5, 0.6) is 5.75 Å². The van der Waals surface area contributed by atoms with Gasteiger partial charge in [-0.05, 0) is 18.2 Å². The van der Waals surface area contributed by atoms with E-state index in [1.165, 1.54) is 0 Å². The smallest absolute Gasteiger partial charge is 0.306 e. The molecule has 0 aliphatic rings. The van der Waals surface area contributed by atoms with Crippen molar-refractivity contribution < 1.29 is 14.6 Å². The van der Waals surface area contributed by atoms with Crippen molar-refractivity contribution in [3.05, 3.63) is 27.7 Å². The molecule has 1 aromatic rings. The van der Waals surface area contributed by atoms with Gasteiger partial charge in [-0.25, -0.2) is 0 Å². The number of carboxylic acid groups (broad SMARTS) is 1. The summed E-state index contributed by atoms with van der Waals surface area (Å²) in [6.45, 7) is 0.122. The predicted octanol–water partition coefficient (Wildman–Crippen LogP) is 2.96. The maximum Gasteiger partial charge on any atom is 0.306 e. The Morgan fingerprint density at radius 1 is 1.57 bits per heavy atom. The Morgan fingerprint density at radius 3 is 2.86 bits per heavy atom. The van der Waals surface area contributed by atoms with Gasteiger partial charge in [0.2, 0.25) is 0 Å². The van der Waals surface area contributed by atoms with Gasteiger partial charge in [0.1, 0.15) is 5.75 Å². The lowest BCUT2D eigenvalue weighted by Crippen LogP contribution is -2.04. The molecule has 0 saturated carbocycles. The highest BCUT2D eigenvalue weighted by atomic mass is 79.9. The van der Waals surface area contributed by atoms with E-state index in [-0.39, 0.29) is 13.0 Å². The third kappa shape index (κ3) is 3.55. The quantitative estimate of drug-likeness (QED) is 0.922. The number of hydrogen-bond donors (Lipinski definition) is 1. The summed E-state index contributed by atoms with van der Waals surface area (Å²) in [5.41, 5.74) is 0. The van der Waals surface area contributed by atoms with Crippen LogP contribution in [0.1, 0.15) is 6.42 Å². The predicted molar refractivity (Wildman–Crippen MR) is 56.9 cm³/mol. The van der Waals surface area contributed by atoms with E-state index >= 15 is 0 Å². The minimum atomic E-state index is -0.891. The molecular formula is C9H8BrClO3. The molecule has 0 radical (unpaired) electrons. The van der Waals surface area contributed by atoms with Crippen molar-refractivity contribution in [1.82, 2.24) is 0 Å². The summed E-state index contributed by atoms with van der Waals surface area (Å²) in [5, 5.41) is 8.85. The van der Waals surface area contributed by atoms with Gasteiger partial charge in [0.25, 0.3) is 0 Å². The molecule has 5 heteroatoms. The second kappa shape index (κ2) is 5.22. The van der Waals surface area contributed by atoms with Gasteiger partial charge in [0, 0.05) is 4.47 Å². The number of hydrogen-bond acceptors (Lipinski definition) is 2. The molecule has 0 atom stereocenters. The fraction of sp³-hybridized carbons (Fsp3) is 0.222. The van der Waals surface area contributed by atoms with E-state index in [1.807, 2.05) is 0 Å². The van der Waals surface area contributed by atoms with E-state index in [4.69, 9.17) is 21.4 Å². The number of benzene rings is 1. The first-order valence-electron chi connectivity index (χ1n) is 3.89. The normalized spacial score (nSPS) is 9.86. The molecule has 0 saturated heterocycles. The third-order valence-corrected chi connectivity index (χ3v) is 2.26. The molecule has 14 heavy (non-hydrogen) atoms. The Hall–Kier alpha value is -0.740. The maximum absolute atomic E-state index is 10.2. The SMILES string of the molecule is O=C(O)CCOc1ccc(Br)cc1Cl. The summed E-state index contributed by atoms with van der Waals surface area (Å²) in [4.78, 5) is 10.2. The minimum Gasteiger partial charge on any atom is -0.491 e. The highest BCUT2D eigenvalue weighted by molar-refractivity contribution is 9.10. The lowest BCUT2D eigenvalue weighted by atomic mass is 10.3.